The number of nitrogens with zero attached hydrogens (tertiary/aromatic N) is 1. The smallest absolute Gasteiger partial charge is 0.172 e. The summed E-state index contributed by atoms with van der Waals surface area (Å²) in [6.07, 6.45) is 48.9. The van der Waals surface area contributed by atoms with Crippen molar-refractivity contribution in [1.29, 1.82) is 0 Å². The molecule has 0 saturated carbocycles. The molecule has 0 N–H and O–H groups in total. The summed E-state index contributed by atoms with van der Waals surface area (Å²) < 4.78 is 2.52. The van der Waals surface area contributed by atoms with Crippen LogP contribution in [0, 0.1) is 0 Å². The number of unbranched alkanes of at least 4 members (excludes halogenated alkanes) is 26. The molecule has 240 valence electrons. The molecule has 0 radical (unpaired) electrons. The number of pyridine rings is 1. The Morgan fingerprint density at radius 2 is 0.683 bits per heavy atom. The Bertz CT molecular complexity index is 650. The average molecular weight is 571 g/mol. The average Bonchev–Trinajstić information content (AvgIpc) is 2.99. The van der Waals surface area contributed by atoms with E-state index in [-0.39, 0.29) is 0 Å². The number of hydrogen-bond acceptors (Lipinski definition) is 0. The molecular weight excluding hydrogens is 494 g/mol. The Morgan fingerprint density at radius 1 is 0.366 bits per heavy atom. The van der Waals surface area contributed by atoms with Gasteiger partial charge in [-0.2, -0.15) is 0 Å². The zero-order valence-corrected chi connectivity index (χ0v) is 28.8. The van der Waals surface area contributed by atoms with E-state index in [9.17, 15) is 0 Å². The van der Waals surface area contributed by atoms with Crippen LogP contribution >= 0.6 is 0 Å². The van der Waals surface area contributed by atoms with Gasteiger partial charge in [0.2, 0.25) is 0 Å². The topological polar surface area (TPSA) is 3.88 Å². The van der Waals surface area contributed by atoms with Crippen molar-refractivity contribution in [3.63, 3.8) is 0 Å². The van der Waals surface area contributed by atoms with E-state index < -0.39 is 0 Å². The Hall–Kier alpha value is -0.850. The van der Waals surface area contributed by atoms with E-state index in [1.54, 1.807) is 11.1 Å². The fourth-order valence-corrected chi connectivity index (χ4v) is 6.44. The van der Waals surface area contributed by atoms with Crippen LogP contribution in [0.4, 0.5) is 0 Å². The fourth-order valence-electron chi connectivity index (χ4n) is 6.44. The van der Waals surface area contributed by atoms with Crippen LogP contribution in [0.15, 0.2) is 18.5 Å². The molecule has 0 unspecified atom stereocenters. The molecule has 0 spiro atoms. The minimum atomic E-state index is 1.21. The highest BCUT2D eigenvalue weighted by atomic mass is 14.9. The van der Waals surface area contributed by atoms with Crippen molar-refractivity contribution in [3.8, 4) is 0 Å². The summed E-state index contributed by atoms with van der Waals surface area (Å²) in [5, 5.41) is 0. The molecule has 0 fully saturated rings. The van der Waals surface area contributed by atoms with Gasteiger partial charge < -0.3 is 0 Å². The number of aryl methyl sites for hydroxylation is 3. The van der Waals surface area contributed by atoms with E-state index in [4.69, 9.17) is 0 Å². The first-order valence-electron chi connectivity index (χ1n) is 19.3. The summed E-state index contributed by atoms with van der Waals surface area (Å²) in [5.41, 5.74) is 3.32. The highest BCUT2D eigenvalue weighted by Gasteiger charge is 2.10. The maximum Gasteiger partial charge on any atom is 0.172 e. The quantitative estimate of drug-likeness (QED) is 0.0599. The standard InChI is InChI=1S/C40H76N/c1-4-7-10-13-16-19-21-24-27-30-33-39-35-37-41(36-32-29-26-23-18-15-12-9-6-3)38-40(39)34-31-28-25-22-20-17-14-11-8-5-2/h35,37-38H,4-34,36H2,1-3H3/q+1. The van der Waals surface area contributed by atoms with E-state index in [2.05, 4.69) is 43.8 Å². The third kappa shape index (κ3) is 24.3. The molecule has 41 heavy (non-hydrogen) atoms. The molecule has 1 heteroatoms. The molecule has 1 heterocycles. The van der Waals surface area contributed by atoms with Gasteiger partial charge in [-0.05, 0) is 37.7 Å². The molecular formula is C40H76N+. The maximum atomic E-state index is 2.55. The predicted molar refractivity (Wildman–Crippen MR) is 185 cm³/mol. The van der Waals surface area contributed by atoms with Gasteiger partial charge >= 0.3 is 0 Å². The van der Waals surface area contributed by atoms with Crippen molar-refractivity contribution in [2.45, 2.75) is 226 Å². The van der Waals surface area contributed by atoms with Gasteiger partial charge in [-0.15, -0.1) is 0 Å². The second kappa shape index (κ2) is 30.6. The molecule has 0 aliphatic rings. The second-order valence-electron chi connectivity index (χ2n) is 13.4. The van der Waals surface area contributed by atoms with Gasteiger partial charge in [0.15, 0.2) is 12.4 Å². The van der Waals surface area contributed by atoms with E-state index in [1.165, 1.54) is 206 Å². The van der Waals surface area contributed by atoms with Crippen LogP contribution in [-0.2, 0) is 19.4 Å². The zero-order chi connectivity index (χ0) is 29.5. The molecule has 0 aromatic carbocycles. The van der Waals surface area contributed by atoms with Crippen LogP contribution < -0.4 is 4.57 Å². The largest absolute Gasteiger partial charge is 0.205 e. The zero-order valence-electron chi connectivity index (χ0n) is 28.8. The monoisotopic (exact) mass is 571 g/mol. The van der Waals surface area contributed by atoms with Gasteiger partial charge in [0, 0.05) is 18.1 Å². The normalized spacial score (nSPS) is 11.5. The third-order valence-corrected chi connectivity index (χ3v) is 9.32. The van der Waals surface area contributed by atoms with Crippen LogP contribution in [0.3, 0.4) is 0 Å². The van der Waals surface area contributed by atoms with Crippen LogP contribution in [0.1, 0.15) is 218 Å². The van der Waals surface area contributed by atoms with E-state index >= 15 is 0 Å². The van der Waals surface area contributed by atoms with Gasteiger partial charge in [-0.25, -0.2) is 4.57 Å². The summed E-state index contributed by atoms with van der Waals surface area (Å²) in [4.78, 5) is 0. The van der Waals surface area contributed by atoms with Crippen LogP contribution in [-0.4, -0.2) is 0 Å². The summed E-state index contributed by atoms with van der Waals surface area (Å²) >= 11 is 0. The molecule has 1 aromatic heterocycles. The van der Waals surface area contributed by atoms with Crippen molar-refractivity contribution in [1.82, 2.24) is 0 Å². The lowest BCUT2D eigenvalue weighted by atomic mass is 9.97. The Labute approximate surface area is 260 Å². The van der Waals surface area contributed by atoms with Crippen molar-refractivity contribution >= 4 is 0 Å². The van der Waals surface area contributed by atoms with Crippen molar-refractivity contribution in [2.75, 3.05) is 0 Å². The molecule has 0 aliphatic carbocycles. The van der Waals surface area contributed by atoms with Gasteiger partial charge in [-0.1, -0.05) is 181 Å². The fraction of sp³-hybridized carbons (Fsp3) is 0.875. The summed E-state index contributed by atoms with van der Waals surface area (Å²) in [6, 6.07) is 2.49. The summed E-state index contributed by atoms with van der Waals surface area (Å²) in [5.74, 6) is 0. The van der Waals surface area contributed by atoms with Crippen molar-refractivity contribution in [3.05, 3.63) is 29.6 Å². The lowest BCUT2D eigenvalue weighted by Crippen LogP contribution is -2.34. The summed E-state index contributed by atoms with van der Waals surface area (Å²) in [6.45, 7) is 8.14. The number of rotatable bonds is 32. The molecule has 1 aromatic rings. The van der Waals surface area contributed by atoms with Gasteiger partial charge in [0.05, 0.1) is 0 Å². The Morgan fingerprint density at radius 3 is 1.07 bits per heavy atom. The maximum absolute atomic E-state index is 2.55. The number of hydrogen-bond donors (Lipinski definition) is 0. The van der Waals surface area contributed by atoms with Crippen LogP contribution in [0.25, 0.3) is 0 Å². The molecule has 1 nitrogen and oxygen atoms in total. The molecule has 0 saturated heterocycles. The molecule has 0 atom stereocenters. The Balaban J connectivity index is 2.36. The molecule has 0 bridgehead atoms. The lowest BCUT2D eigenvalue weighted by Gasteiger charge is -2.10. The van der Waals surface area contributed by atoms with E-state index in [1.807, 2.05) is 0 Å². The first-order chi connectivity index (χ1) is 20.3. The molecule has 0 aliphatic heterocycles. The second-order valence-corrected chi connectivity index (χ2v) is 13.4. The minimum Gasteiger partial charge on any atom is -0.205 e. The highest BCUT2D eigenvalue weighted by molar-refractivity contribution is 5.21. The van der Waals surface area contributed by atoms with Gasteiger partial charge in [0.1, 0.15) is 6.54 Å². The lowest BCUT2D eigenvalue weighted by molar-refractivity contribution is -0.697. The highest BCUT2D eigenvalue weighted by Crippen LogP contribution is 2.18. The first-order valence-corrected chi connectivity index (χ1v) is 19.3. The predicted octanol–water partition coefficient (Wildman–Crippen LogP) is 13.4. The van der Waals surface area contributed by atoms with Crippen LogP contribution in [0.5, 0.6) is 0 Å². The van der Waals surface area contributed by atoms with Gasteiger partial charge in [0.25, 0.3) is 0 Å². The van der Waals surface area contributed by atoms with Gasteiger partial charge in [-0.3, -0.25) is 0 Å². The van der Waals surface area contributed by atoms with E-state index in [0.717, 1.165) is 0 Å². The SMILES string of the molecule is CCCCCCCCCCCCc1cc[n+](CCCCCCCCCCC)cc1CCCCCCCCCCCC. The molecule has 0 amide bonds. The number of aromatic nitrogens is 1. The third-order valence-electron chi connectivity index (χ3n) is 9.32. The molecule has 1 rings (SSSR count). The van der Waals surface area contributed by atoms with Crippen LogP contribution in [0.2, 0.25) is 0 Å². The van der Waals surface area contributed by atoms with Crippen molar-refractivity contribution in [2.24, 2.45) is 0 Å². The first kappa shape index (κ1) is 38.2. The Kier molecular flexibility index (Phi) is 28.5. The van der Waals surface area contributed by atoms with Crippen molar-refractivity contribution < 1.29 is 4.57 Å². The minimum absolute atomic E-state index is 1.21. The van der Waals surface area contributed by atoms with E-state index in [0.29, 0.717) is 0 Å². The summed E-state index contributed by atoms with van der Waals surface area (Å²) in [7, 11) is 0.